The molecule has 0 aliphatic carbocycles. The van der Waals surface area contributed by atoms with Crippen LogP contribution >= 0.6 is 0 Å². The van der Waals surface area contributed by atoms with Crippen LogP contribution in [0.3, 0.4) is 0 Å². The maximum Gasteiger partial charge on any atom is 0.241 e. The first-order valence-electron chi connectivity index (χ1n) is 5.92. The maximum atomic E-state index is 12.0. The Bertz CT molecular complexity index is 537. The Hall–Kier alpha value is -2.27. The number of hydrogen-bond donors (Lipinski definition) is 1. The molecule has 19 heavy (non-hydrogen) atoms. The van der Waals surface area contributed by atoms with Gasteiger partial charge >= 0.3 is 0 Å². The van der Waals surface area contributed by atoms with E-state index in [-0.39, 0.29) is 12.5 Å². The fourth-order valence-electron chi connectivity index (χ4n) is 1.83. The molecule has 0 spiro atoms. The van der Waals surface area contributed by atoms with E-state index in [1.165, 1.54) is 0 Å². The molecule has 0 aliphatic heterocycles. The van der Waals surface area contributed by atoms with Gasteiger partial charge in [-0.25, -0.2) is 0 Å². The van der Waals surface area contributed by atoms with Gasteiger partial charge in [0, 0.05) is 0 Å². The van der Waals surface area contributed by atoms with E-state index < -0.39 is 0 Å². The molecule has 0 saturated heterocycles. The number of carbonyl (C=O) groups excluding carboxylic acids is 1. The Morgan fingerprint density at radius 3 is 2.74 bits per heavy atom. The summed E-state index contributed by atoms with van der Waals surface area (Å²) >= 11 is 0. The summed E-state index contributed by atoms with van der Waals surface area (Å²) in [7, 11) is 1.57. The zero-order chi connectivity index (χ0) is 13.7. The normalized spacial score (nSPS) is 10.2. The molecule has 5 heteroatoms. The number of ether oxygens (including phenoxy) is 1. The zero-order valence-electron chi connectivity index (χ0n) is 10.7. The second kappa shape index (κ2) is 6.06. The Labute approximate surface area is 111 Å². The highest BCUT2D eigenvalue weighted by Crippen LogP contribution is 2.29. The Kier molecular flexibility index (Phi) is 4.20. The zero-order valence-corrected chi connectivity index (χ0v) is 10.7. The molecule has 0 radical (unpaired) electrons. The summed E-state index contributed by atoms with van der Waals surface area (Å²) < 4.78 is 10.6. The van der Waals surface area contributed by atoms with Crippen LogP contribution < -0.4 is 15.4 Å². The molecule has 2 aromatic rings. The standard InChI is InChI=1S/C14H16N2O3/c1-18-13-7-3-2-6-12(13)16(14(17)9-15)10-11-5-4-8-19-11/h2-8H,9-10,15H2,1H3. The van der Waals surface area contributed by atoms with Gasteiger partial charge in [0.2, 0.25) is 5.91 Å². The van der Waals surface area contributed by atoms with Gasteiger partial charge in [-0.1, -0.05) is 12.1 Å². The summed E-state index contributed by atoms with van der Waals surface area (Å²) in [4.78, 5) is 13.6. The number of furan rings is 1. The number of benzene rings is 1. The highest BCUT2D eigenvalue weighted by atomic mass is 16.5. The number of carbonyl (C=O) groups is 1. The number of rotatable bonds is 5. The second-order valence-corrected chi connectivity index (χ2v) is 3.94. The predicted octanol–water partition coefficient (Wildman–Crippen LogP) is 1.78. The molecule has 0 fully saturated rings. The first kappa shape index (κ1) is 13.2. The third-order valence-corrected chi connectivity index (χ3v) is 2.75. The van der Waals surface area contributed by atoms with Gasteiger partial charge in [-0.3, -0.25) is 4.79 Å². The number of methoxy groups -OCH3 is 1. The van der Waals surface area contributed by atoms with E-state index in [0.717, 1.165) is 0 Å². The average Bonchev–Trinajstić information content (AvgIpc) is 2.97. The van der Waals surface area contributed by atoms with Crippen molar-refractivity contribution < 1.29 is 13.9 Å². The van der Waals surface area contributed by atoms with Crippen molar-refractivity contribution >= 4 is 11.6 Å². The van der Waals surface area contributed by atoms with Crippen LogP contribution in [-0.4, -0.2) is 19.6 Å². The number of amides is 1. The van der Waals surface area contributed by atoms with Crippen LogP contribution in [-0.2, 0) is 11.3 Å². The van der Waals surface area contributed by atoms with Crippen molar-refractivity contribution in [3.05, 3.63) is 48.4 Å². The number of nitrogens with zero attached hydrogens (tertiary/aromatic N) is 1. The molecule has 5 nitrogen and oxygen atoms in total. The third-order valence-electron chi connectivity index (χ3n) is 2.75. The van der Waals surface area contributed by atoms with E-state index in [1.54, 1.807) is 30.4 Å². The Balaban J connectivity index is 2.34. The molecule has 1 amide bonds. The smallest absolute Gasteiger partial charge is 0.241 e. The van der Waals surface area contributed by atoms with Crippen molar-refractivity contribution in [3.63, 3.8) is 0 Å². The number of anilines is 1. The molecular weight excluding hydrogens is 244 g/mol. The van der Waals surface area contributed by atoms with Gasteiger partial charge in [0.1, 0.15) is 11.5 Å². The SMILES string of the molecule is COc1ccccc1N(Cc1ccco1)C(=O)CN. The minimum absolute atomic E-state index is 0.0707. The molecule has 1 aromatic heterocycles. The minimum atomic E-state index is -0.194. The fraction of sp³-hybridized carbons (Fsp3) is 0.214. The van der Waals surface area contributed by atoms with Crippen LogP contribution in [0.4, 0.5) is 5.69 Å². The van der Waals surface area contributed by atoms with E-state index in [1.807, 2.05) is 24.3 Å². The average molecular weight is 260 g/mol. The van der Waals surface area contributed by atoms with Gasteiger partial charge in [-0.05, 0) is 24.3 Å². The van der Waals surface area contributed by atoms with E-state index in [2.05, 4.69) is 0 Å². The van der Waals surface area contributed by atoms with E-state index >= 15 is 0 Å². The summed E-state index contributed by atoms with van der Waals surface area (Å²) in [5.41, 5.74) is 6.15. The van der Waals surface area contributed by atoms with Gasteiger partial charge < -0.3 is 19.8 Å². The van der Waals surface area contributed by atoms with Gasteiger partial charge in [-0.2, -0.15) is 0 Å². The molecule has 0 bridgehead atoms. The quantitative estimate of drug-likeness (QED) is 0.889. The lowest BCUT2D eigenvalue weighted by atomic mass is 10.2. The highest BCUT2D eigenvalue weighted by molar-refractivity contribution is 5.95. The van der Waals surface area contributed by atoms with E-state index in [0.29, 0.717) is 23.7 Å². The lowest BCUT2D eigenvalue weighted by Gasteiger charge is -2.23. The van der Waals surface area contributed by atoms with Gasteiger partial charge in [0.15, 0.2) is 0 Å². The lowest BCUT2D eigenvalue weighted by molar-refractivity contribution is -0.117. The van der Waals surface area contributed by atoms with Crippen molar-refractivity contribution in [2.75, 3.05) is 18.6 Å². The number of para-hydroxylation sites is 2. The van der Waals surface area contributed by atoms with Crippen LogP contribution in [0.5, 0.6) is 5.75 Å². The van der Waals surface area contributed by atoms with Gasteiger partial charge in [-0.15, -0.1) is 0 Å². The summed E-state index contributed by atoms with van der Waals surface area (Å²) in [5, 5.41) is 0. The van der Waals surface area contributed by atoms with Crippen molar-refractivity contribution in [1.82, 2.24) is 0 Å². The molecule has 1 aromatic carbocycles. The number of hydrogen-bond acceptors (Lipinski definition) is 4. The maximum absolute atomic E-state index is 12.0. The monoisotopic (exact) mass is 260 g/mol. The van der Waals surface area contributed by atoms with E-state index in [9.17, 15) is 4.79 Å². The molecule has 1 heterocycles. The Morgan fingerprint density at radius 2 is 2.11 bits per heavy atom. The molecule has 0 unspecified atom stereocenters. The molecule has 0 atom stereocenters. The van der Waals surface area contributed by atoms with Crippen LogP contribution in [0, 0.1) is 0 Å². The topological polar surface area (TPSA) is 68.7 Å². The molecule has 100 valence electrons. The molecule has 2 N–H and O–H groups in total. The summed E-state index contributed by atoms with van der Waals surface area (Å²) in [6.45, 7) is 0.252. The first-order chi connectivity index (χ1) is 9.26. The molecule has 2 rings (SSSR count). The van der Waals surface area contributed by atoms with Gasteiger partial charge in [0.25, 0.3) is 0 Å². The fourth-order valence-corrected chi connectivity index (χ4v) is 1.83. The summed E-state index contributed by atoms with van der Waals surface area (Å²) in [6.07, 6.45) is 1.57. The van der Waals surface area contributed by atoms with Crippen LogP contribution in [0.25, 0.3) is 0 Å². The van der Waals surface area contributed by atoms with Crippen LogP contribution in [0.2, 0.25) is 0 Å². The van der Waals surface area contributed by atoms with Crippen LogP contribution in [0.15, 0.2) is 47.1 Å². The van der Waals surface area contributed by atoms with Gasteiger partial charge in [0.05, 0.1) is 32.1 Å². The molecule has 0 saturated carbocycles. The summed E-state index contributed by atoms with van der Waals surface area (Å²) in [6, 6.07) is 10.9. The van der Waals surface area contributed by atoms with Crippen molar-refractivity contribution in [2.24, 2.45) is 5.73 Å². The predicted molar refractivity (Wildman–Crippen MR) is 71.9 cm³/mol. The van der Waals surface area contributed by atoms with Crippen molar-refractivity contribution in [2.45, 2.75) is 6.54 Å². The second-order valence-electron chi connectivity index (χ2n) is 3.94. The largest absolute Gasteiger partial charge is 0.495 e. The molecular formula is C14H16N2O3. The first-order valence-corrected chi connectivity index (χ1v) is 5.92. The third kappa shape index (κ3) is 2.95. The Morgan fingerprint density at radius 1 is 1.32 bits per heavy atom. The number of nitrogens with two attached hydrogens (primary N) is 1. The van der Waals surface area contributed by atoms with Crippen LogP contribution in [0.1, 0.15) is 5.76 Å². The lowest BCUT2D eigenvalue weighted by Crippen LogP contribution is -2.35. The minimum Gasteiger partial charge on any atom is -0.495 e. The highest BCUT2D eigenvalue weighted by Gasteiger charge is 2.19. The van der Waals surface area contributed by atoms with E-state index in [4.69, 9.17) is 14.9 Å². The molecule has 0 aliphatic rings. The van der Waals surface area contributed by atoms with Crippen molar-refractivity contribution in [1.29, 1.82) is 0 Å². The van der Waals surface area contributed by atoms with Crippen molar-refractivity contribution in [3.8, 4) is 5.75 Å². The summed E-state index contributed by atoms with van der Waals surface area (Å²) in [5.74, 6) is 1.12.